The third-order valence-corrected chi connectivity index (χ3v) is 5.30. The lowest BCUT2D eigenvalue weighted by Gasteiger charge is -2.34. The fourth-order valence-corrected chi connectivity index (χ4v) is 3.42. The second-order valence-electron chi connectivity index (χ2n) is 9.41. The molecular weight excluding hydrogens is 434 g/mol. The van der Waals surface area contributed by atoms with E-state index >= 15 is 0 Å². The number of unbranched alkanes of at least 4 members (excludes halogenated alkanes) is 2. The highest BCUT2D eigenvalue weighted by atomic mass is 16.6. The van der Waals surface area contributed by atoms with Gasteiger partial charge in [-0.15, -0.1) is 0 Å². The van der Waals surface area contributed by atoms with Crippen LogP contribution in [0.1, 0.15) is 84.4 Å². The molecule has 0 saturated carbocycles. The summed E-state index contributed by atoms with van der Waals surface area (Å²) in [6, 6.07) is 5.53. The van der Waals surface area contributed by atoms with E-state index in [1.807, 2.05) is 38.1 Å². The number of aliphatic hydroxyl groups excluding tert-OH is 1. The number of rotatable bonds is 13. The maximum absolute atomic E-state index is 13.6. The van der Waals surface area contributed by atoms with Crippen LogP contribution in [0, 0.1) is 0 Å². The molecule has 0 bridgehead atoms. The highest BCUT2D eigenvalue weighted by Crippen LogP contribution is 2.24. The Bertz CT molecular complexity index is 774. The van der Waals surface area contributed by atoms with E-state index in [0.717, 1.165) is 31.2 Å². The van der Waals surface area contributed by atoms with Crippen molar-refractivity contribution in [1.29, 1.82) is 0 Å². The fourth-order valence-electron chi connectivity index (χ4n) is 3.42. The molecule has 34 heavy (non-hydrogen) atoms. The largest absolute Gasteiger partial charge is 0.444 e. The summed E-state index contributed by atoms with van der Waals surface area (Å²) < 4.78 is 5.25. The van der Waals surface area contributed by atoms with Crippen molar-refractivity contribution in [3.8, 4) is 0 Å². The average molecular weight is 478 g/mol. The number of benzene rings is 1. The van der Waals surface area contributed by atoms with Crippen molar-refractivity contribution in [2.75, 3.05) is 19.7 Å². The van der Waals surface area contributed by atoms with E-state index in [2.05, 4.69) is 17.6 Å². The van der Waals surface area contributed by atoms with Crippen molar-refractivity contribution in [2.24, 2.45) is 0 Å². The number of hydrogen-bond donors (Lipinski definition) is 3. The van der Waals surface area contributed by atoms with Gasteiger partial charge in [0.15, 0.2) is 0 Å². The molecule has 0 heterocycles. The molecule has 0 aliphatic carbocycles. The summed E-state index contributed by atoms with van der Waals surface area (Å²) in [4.78, 5) is 40.6. The van der Waals surface area contributed by atoms with E-state index in [1.165, 1.54) is 4.90 Å². The van der Waals surface area contributed by atoms with E-state index in [-0.39, 0.29) is 5.91 Å². The number of nitrogens with zero attached hydrogens (tertiary/aromatic N) is 1. The van der Waals surface area contributed by atoms with Crippen molar-refractivity contribution in [1.82, 2.24) is 15.5 Å². The van der Waals surface area contributed by atoms with Gasteiger partial charge in [-0.1, -0.05) is 57.9 Å². The van der Waals surface area contributed by atoms with Crippen molar-refractivity contribution < 1.29 is 24.2 Å². The number of hydrogen-bond acceptors (Lipinski definition) is 5. The summed E-state index contributed by atoms with van der Waals surface area (Å²) in [5, 5.41) is 15.3. The number of carbonyl (C=O) groups is 3. The topological polar surface area (TPSA) is 108 Å². The zero-order valence-corrected chi connectivity index (χ0v) is 21.6. The van der Waals surface area contributed by atoms with E-state index in [9.17, 15) is 19.5 Å². The van der Waals surface area contributed by atoms with Crippen LogP contribution < -0.4 is 10.6 Å². The minimum absolute atomic E-state index is 0.281. The third kappa shape index (κ3) is 9.71. The molecule has 8 nitrogen and oxygen atoms in total. The van der Waals surface area contributed by atoms with Crippen LogP contribution in [0.5, 0.6) is 0 Å². The number of aryl methyl sites for hydroxylation is 1. The molecule has 0 aromatic heterocycles. The molecule has 3 N–H and O–H groups in total. The summed E-state index contributed by atoms with van der Waals surface area (Å²) in [6.07, 6.45) is 3.30. The summed E-state index contributed by atoms with van der Waals surface area (Å²) in [5.74, 6) is -0.812. The standard InChI is InChI=1S/C26H43N3O5/c1-7-10-16-27-23(31)22(20-14-12-19(9-3)13-15-20)29(17-11-8-2)24(32)21(18-30)28-25(33)34-26(4,5)6/h12-15,21-22,30H,7-11,16-18H2,1-6H3,(H,27,31)(H,28,33). The molecule has 1 aromatic carbocycles. The van der Waals surface area contributed by atoms with Crippen LogP contribution in [0.25, 0.3) is 0 Å². The molecule has 0 aliphatic rings. The van der Waals surface area contributed by atoms with Crippen molar-refractivity contribution in [3.05, 3.63) is 35.4 Å². The van der Waals surface area contributed by atoms with Gasteiger partial charge in [-0.3, -0.25) is 9.59 Å². The van der Waals surface area contributed by atoms with Gasteiger partial charge < -0.3 is 25.4 Å². The van der Waals surface area contributed by atoms with Gasteiger partial charge in [0.2, 0.25) is 11.8 Å². The number of nitrogens with one attached hydrogen (secondary N) is 2. The Morgan fingerprint density at radius 3 is 2.15 bits per heavy atom. The van der Waals surface area contributed by atoms with Gasteiger partial charge in [-0.2, -0.15) is 0 Å². The Kier molecular flexibility index (Phi) is 12.6. The first kappa shape index (κ1) is 29.4. The van der Waals surface area contributed by atoms with E-state index in [0.29, 0.717) is 25.1 Å². The highest BCUT2D eigenvalue weighted by Gasteiger charge is 2.35. The number of alkyl carbamates (subject to hydrolysis) is 1. The number of amides is 3. The van der Waals surface area contributed by atoms with Crippen LogP contribution in [0.4, 0.5) is 4.79 Å². The lowest BCUT2D eigenvalue weighted by Crippen LogP contribution is -2.54. The number of aliphatic hydroxyl groups is 1. The van der Waals surface area contributed by atoms with Crippen molar-refractivity contribution >= 4 is 17.9 Å². The SMILES string of the molecule is CCCCNC(=O)C(c1ccc(CC)cc1)N(CCCC)C(=O)C(CO)NC(=O)OC(C)(C)C. The molecule has 0 spiro atoms. The first-order valence-electron chi connectivity index (χ1n) is 12.3. The van der Waals surface area contributed by atoms with Crippen LogP contribution in [-0.4, -0.2) is 59.3 Å². The monoisotopic (exact) mass is 477 g/mol. The van der Waals surface area contributed by atoms with E-state index in [4.69, 9.17) is 4.74 Å². The predicted molar refractivity (Wildman–Crippen MR) is 133 cm³/mol. The van der Waals surface area contributed by atoms with Crippen LogP contribution in [0.3, 0.4) is 0 Å². The van der Waals surface area contributed by atoms with Crippen molar-refractivity contribution in [3.63, 3.8) is 0 Å². The molecule has 0 radical (unpaired) electrons. The fraction of sp³-hybridized carbons (Fsp3) is 0.654. The lowest BCUT2D eigenvalue weighted by atomic mass is 10.00. The van der Waals surface area contributed by atoms with E-state index in [1.54, 1.807) is 20.8 Å². The molecule has 8 heteroatoms. The highest BCUT2D eigenvalue weighted by molar-refractivity contribution is 5.92. The van der Waals surface area contributed by atoms with Gasteiger partial charge >= 0.3 is 6.09 Å². The molecule has 0 fully saturated rings. The van der Waals surface area contributed by atoms with Crippen LogP contribution >= 0.6 is 0 Å². The van der Waals surface area contributed by atoms with Gasteiger partial charge in [0.05, 0.1) is 6.61 Å². The summed E-state index contributed by atoms with van der Waals surface area (Å²) in [5.41, 5.74) is 1.06. The maximum Gasteiger partial charge on any atom is 0.408 e. The molecule has 1 aromatic rings. The third-order valence-electron chi connectivity index (χ3n) is 5.30. The second kappa shape index (κ2) is 14.6. The van der Waals surface area contributed by atoms with Gasteiger partial charge in [-0.25, -0.2) is 4.79 Å². The normalized spacial score (nSPS) is 13.0. The Balaban J connectivity index is 3.31. The first-order valence-corrected chi connectivity index (χ1v) is 12.3. The van der Waals surface area contributed by atoms with Crippen molar-refractivity contribution in [2.45, 2.75) is 91.3 Å². The molecule has 1 rings (SSSR count). The number of ether oxygens (including phenoxy) is 1. The van der Waals surface area contributed by atoms with Gasteiger partial charge in [0.25, 0.3) is 0 Å². The minimum atomic E-state index is -1.23. The van der Waals surface area contributed by atoms with Gasteiger partial charge in [0.1, 0.15) is 17.7 Å². The molecular formula is C26H43N3O5. The molecule has 0 saturated heterocycles. The zero-order valence-electron chi connectivity index (χ0n) is 21.6. The van der Waals surface area contributed by atoms with Crippen LogP contribution in [0.2, 0.25) is 0 Å². The molecule has 192 valence electrons. The molecule has 0 aliphatic heterocycles. The van der Waals surface area contributed by atoms with Crippen LogP contribution in [0.15, 0.2) is 24.3 Å². The van der Waals surface area contributed by atoms with E-state index < -0.39 is 36.3 Å². The Morgan fingerprint density at radius 2 is 1.65 bits per heavy atom. The first-order chi connectivity index (χ1) is 16.1. The van der Waals surface area contributed by atoms with Gasteiger partial charge in [-0.05, 0) is 51.2 Å². The molecule has 2 unspecified atom stereocenters. The number of carbonyl (C=O) groups excluding carboxylic acids is 3. The summed E-state index contributed by atoms with van der Waals surface area (Å²) in [6.45, 7) is 11.4. The summed E-state index contributed by atoms with van der Waals surface area (Å²) >= 11 is 0. The van der Waals surface area contributed by atoms with Crippen LogP contribution in [-0.2, 0) is 20.7 Å². The molecule has 3 amide bonds. The zero-order chi connectivity index (χ0) is 25.7. The average Bonchev–Trinajstić information content (AvgIpc) is 2.78. The molecule has 2 atom stereocenters. The van der Waals surface area contributed by atoms with Gasteiger partial charge in [0, 0.05) is 13.1 Å². The summed E-state index contributed by atoms with van der Waals surface area (Å²) in [7, 11) is 0. The predicted octanol–water partition coefficient (Wildman–Crippen LogP) is 3.72. The quantitative estimate of drug-likeness (QED) is 0.375. The Labute approximate surface area is 204 Å². The minimum Gasteiger partial charge on any atom is -0.444 e. The second-order valence-corrected chi connectivity index (χ2v) is 9.41. The smallest absolute Gasteiger partial charge is 0.408 e. The lowest BCUT2D eigenvalue weighted by molar-refractivity contribution is -0.143. The Morgan fingerprint density at radius 1 is 1.03 bits per heavy atom. The maximum atomic E-state index is 13.6. The Hall–Kier alpha value is -2.61.